The Hall–Kier alpha value is -3.26. The summed E-state index contributed by atoms with van der Waals surface area (Å²) in [6, 6.07) is 17.1. The van der Waals surface area contributed by atoms with E-state index in [0.29, 0.717) is 24.6 Å². The highest BCUT2D eigenvalue weighted by molar-refractivity contribution is 7.92. The molecule has 0 bridgehead atoms. The second-order valence-electron chi connectivity index (χ2n) is 7.10. The Morgan fingerprint density at radius 3 is 2.52 bits per heavy atom. The van der Waals surface area contributed by atoms with Crippen molar-refractivity contribution in [1.29, 1.82) is 0 Å². The van der Waals surface area contributed by atoms with Gasteiger partial charge in [0.1, 0.15) is 22.4 Å². The maximum Gasteiger partial charge on any atom is 0.264 e. The maximum atomic E-state index is 14.0. The highest BCUT2D eigenvalue weighted by Crippen LogP contribution is 2.24. The molecule has 4 aromatic rings. The smallest absolute Gasteiger partial charge is 0.264 e. The van der Waals surface area contributed by atoms with Gasteiger partial charge in [0.2, 0.25) is 0 Å². The van der Waals surface area contributed by atoms with Crippen LogP contribution in [-0.2, 0) is 29.4 Å². The fourth-order valence-corrected chi connectivity index (χ4v) is 4.83. The molecule has 5 nitrogen and oxygen atoms in total. The van der Waals surface area contributed by atoms with Crippen LogP contribution in [0.4, 0.5) is 14.5 Å². The molecule has 0 atom stereocenters. The Labute approximate surface area is 179 Å². The molecule has 0 fully saturated rings. The molecule has 0 aliphatic heterocycles. The van der Waals surface area contributed by atoms with Crippen LogP contribution < -0.4 is 4.72 Å². The van der Waals surface area contributed by atoms with Gasteiger partial charge in [-0.2, -0.15) is 0 Å². The van der Waals surface area contributed by atoms with Gasteiger partial charge < -0.3 is 4.57 Å². The number of halogens is 2. The lowest BCUT2D eigenvalue weighted by Gasteiger charge is -2.13. The van der Waals surface area contributed by atoms with Crippen LogP contribution in [0.1, 0.15) is 18.3 Å². The van der Waals surface area contributed by atoms with E-state index in [4.69, 9.17) is 4.98 Å². The Kier molecular flexibility index (Phi) is 5.73. The van der Waals surface area contributed by atoms with Crippen molar-refractivity contribution < 1.29 is 17.2 Å². The van der Waals surface area contributed by atoms with E-state index >= 15 is 0 Å². The second kappa shape index (κ2) is 8.47. The van der Waals surface area contributed by atoms with Gasteiger partial charge in [-0.15, -0.1) is 0 Å². The number of aryl methyl sites for hydroxylation is 3. The number of benzene rings is 3. The summed E-state index contributed by atoms with van der Waals surface area (Å²) in [6.07, 6.45) is 1.11. The molecule has 3 aromatic carbocycles. The molecule has 31 heavy (non-hydrogen) atoms. The van der Waals surface area contributed by atoms with E-state index in [2.05, 4.69) is 9.29 Å². The fraction of sp³-hybridized carbons (Fsp3) is 0.174. The van der Waals surface area contributed by atoms with Crippen LogP contribution in [0, 0.1) is 11.6 Å². The number of anilines is 1. The summed E-state index contributed by atoms with van der Waals surface area (Å²) in [5, 5.41) is 0. The van der Waals surface area contributed by atoms with Gasteiger partial charge in [0, 0.05) is 13.0 Å². The van der Waals surface area contributed by atoms with E-state index in [1.165, 1.54) is 0 Å². The van der Waals surface area contributed by atoms with E-state index in [1.54, 1.807) is 24.3 Å². The molecule has 1 aromatic heterocycles. The van der Waals surface area contributed by atoms with Gasteiger partial charge >= 0.3 is 0 Å². The third kappa shape index (κ3) is 4.29. The number of hydrogen-bond donors (Lipinski definition) is 1. The van der Waals surface area contributed by atoms with Crippen molar-refractivity contribution in [3.8, 4) is 0 Å². The number of aromatic nitrogens is 2. The Morgan fingerprint density at radius 1 is 0.968 bits per heavy atom. The van der Waals surface area contributed by atoms with Crippen molar-refractivity contribution in [3.63, 3.8) is 0 Å². The predicted molar refractivity (Wildman–Crippen MR) is 116 cm³/mol. The van der Waals surface area contributed by atoms with Gasteiger partial charge in [0.25, 0.3) is 10.0 Å². The monoisotopic (exact) mass is 441 g/mol. The summed E-state index contributed by atoms with van der Waals surface area (Å²) in [5.74, 6) is -0.936. The number of sulfonamides is 1. The molecule has 0 unspecified atom stereocenters. The standard InChI is InChI=1S/C23H21F2N3O2S/c1-2-28-21-10-6-5-9-20(21)26-23(28)14-11-16-7-3-4-8-19(16)27-31(29,30)22-15-17(24)12-13-18(22)25/h3-10,12-13,15,27H,2,11,14H2,1H3. The lowest BCUT2D eigenvalue weighted by atomic mass is 10.1. The van der Waals surface area contributed by atoms with Crippen molar-refractivity contribution in [2.24, 2.45) is 0 Å². The molecule has 0 aliphatic rings. The van der Waals surface area contributed by atoms with E-state index in [-0.39, 0.29) is 0 Å². The van der Waals surface area contributed by atoms with Crippen LogP contribution in [0.25, 0.3) is 11.0 Å². The van der Waals surface area contributed by atoms with E-state index < -0.39 is 26.6 Å². The number of fused-ring (bicyclic) bond motifs is 1. The third-order valence-electron chi connectivity index (χ3n) is 5.11. The molecule has 1 N–H and O–H groups in total. The average molecular weight is 442 g/mol. The second-order valence-corrected chi connectivity index (χ2v) is 8.75. The van der Waals surface area contributed by atoms with Crippen molar-refractivity contribution in [2.45, 2.75) is 31.2 Å². The largest absolute Gasteiger partial charge is 0.328 e. The van der Waals surface area contributed by atoms with Gasteiger partial charge in [0.15, 0.2) is 0 Å². The van der Waals surface area contributed by atoms with Crippen LogP contribution in [0.3, 0.4) is 0 Å². The zero-order valence-electron chi connectivity index (χ0n) is 16.8. The molecule has 0 saturated carbocycles. The van der Waals surface area contributed by atoms with Gasteiger partial charge in [0.05, 0.1) is 16.7 Å². The van der Waals surface area contributed by atoms with Gasteiger partial charge in [-0.05, 0) is 55.3 Å². The fourth-order valence-electron chi connectivity index (χ4n) is 3.64. The first kappa shape index (κ1) is 21.0. The van der Waals surface area contributed by atoms with Crippen LogP contribution >= 0.6 is 0 Å². The first-order chi connectivity index (χ1) is 14.9. The molecular weight excluding hydrogens is 420 g/mol. The summed E-state index contributed by atoms with van der Waals surface area (Å²) in [6.45, 7) is 2.82. The molecule has 8 heteroatoms. The Balaban J connectivity index is 1.61. The van der Waals surface area contributed by atoms with E-state index in [0.717, 1.165) is 41.1 Å². The lowest BCUT2D eigenvalue weighted by molar-refractivity contribution is 0.555. The van der Waals surface area contributed by atoms with Crippen molar-refractivity contribution in [2.75, 3.05) is 4.72 Å². The van der Waals surface area contributed by atoms with Crippen LogP contribution in [0.5, 0.6) is 0 Å². The van der Waals surface area contributed by atoms with Crippen LogP contribution in [0.15, 0.2) is 71.6 Å². The van der Waals surface area contributed by atoms with Gasteiger partial charge in [-0.1, -0.05) is 30.3 Å². The molecular formula is C23H21F2N3O2S. The minimum Gasteiger partial charge on any atom is -0.328 e. The molecule has 0 saturated heterocycles. The highest BCUT2D eigenvalue weighted by Gasteiger charge is 2.21. The highest BCUT2D eigenvalue weighted by atomic mass is 32.2. The first-order valence-corrected chi connectivity index (χ1v) is 11.4. The molecule has 0 spiro atoms. The lowest BCUT2D eigenvalue weighted by Crippen LogP contribution is -2.16. The summed E-state index contributed by atoms with van der Waals surface area (Å²) in [4.78, 5) is 3.98. The molecule has 0 radical (unpaired) electrons. The number of hydrogen-bond acceptors (Lipinski definition) is 3. The average Bonchev–Trinajstić information content (AvgIpc) is 3.12. The van der Waals surface area contributed by atoms with Crippen molar-refractivity contribution >= 4 is 26.7 Å². The molecule has 160 valence electrons. The summed E-state index contributed by atoms with van der Waals surface area (Å²) >= 11 is 0. The normalized spacial score (nSPS) is 11.7. The third-order valence-corrected chi connectivity index (χ3v) is 6.49. The number of imidazole rings is 1. The number of nitrogens with zero attached hydrogens (tertiary/aromatic N) is 2. The number of rotatable bonds is 7. The maximum absolute atomic E-state index is 14.0. The minimum absolute atomic E-state index is 0.324. The summed E-state index contributed by atoms with van der Waals surface area (Å²) in [5.41, 5.74) is 3.02. The molecule has 0 amide bonds. The molecule has 4 rings (SSSR count). The quantitative estimate of drug-likeness (QED) is 0.443. The molecule has 0 aliphatic carbocycles. The Bertz CT molecular complexity index is 1350. The first-order valence-electron chi connectivity index (χ1n) is 9.89. The zero-order chi connectivity index (χ0) is 22.0. The Morgan fingerprint density at radius 2 is 1.71 bits per heavy atom. The van der Waals surface area contributed by atoms with E-state index in [9.17, 15) is 17.2 Å². The van der Waals surface area contributed by atoms with Crippen LogP contribution in [-0.4, -0.2) is 18.0 Å². The molecule has 1 heterocycles. The number of nitrogens with one attached hydrogen (secondary N) is 1. The minimum atomic E-state index is -4.29. The van der Waals surface area contributed by atoms with Gasteiger partial charge in [-0.25, -0.2) is 22.2 Å². The SMILES string of the molecule is CCn1c(CCc2ccccc2NS(=O)(=O)c2cc(F)ccc2F)nc2ccccc21. The van der Waals surface area contributed by atoms with Gasteiger partial charge in [-0.3, -0.25) is 4.72 Å². The topological polar surface area (TPSA) is 64.0 Å². The summed E-state index contributed by atoms with van der Waals surface area (Å²) < 4.78 is 57.4. The van der Waals surface area contributed by atoms with Crippen LogP contribution in [0.2, 0.25) is 0 Å². The zero-order valence-corrected chi connectivity index (χ0v) is 17.7. The number of para-hydroxylation sites is 3. The van der Waals surface area contributed by atoms with Crippen molar-refractivity contribution in [3.05, 3.63) is 89.8 Å². The van der Waals surface area contributed by atoms with Crippen molar-refractivity contribution in [1.82, 2.24) is 9.55 Å². The van der Waals surface area contributed by atoms with E-state index in [1.807, 2.05) is 31.2 Å². The predicted octanol–water partition coefficient (Wildman–Crippen LogP) is 4.92. The summed E-state index contributed by atoms with van der Waals surface area (Å²) in [7, 11) is -4.29.